The number of ether oxygens (including phenoxy) is 11. The molecule has 1 saturated heterocycles. The van der Waals surface area contributed by atoms with Crippen LogP contribution in [0, 0.1) is 29.2 Å². The fourth-order valence-electron chi connectivity index (χ4n) is 9.28. The van der Waals surface area contributed by atoms with Crippen molar-refractivity contribution >= 4 is 51.1 Å². The summed E-state index contributed by atoms with van der Waals surface area (Å²) in [5.74, 6) is -8.49. The number of hydrogen-bond acceptors (Lipinski definition) is 20. The molecule has 4 aromatic rings. The predicted molar refractivity (Wildman–Crippen MR) is 340 cm³/mol. The van der Waals surface area contributed by atoms with Crippen LogP contribution in [0.5, 0.6) is 5.75 Å². The zero-order valence-electron chi connectivity index (χ0n) is 53.3. The third-order valence-electron chi connectivity index (χ3n) is 13.8. The number of fused-ring (bicyclic) bond motifs is 1. The molecule has 1 amide bonds. The summed E-state index contributed by atoms with van der Waals surface area (Å²) in [7, 11) is 0.334. The van der Waals surface area contributed by atoms with Crippen LogP contribution in [0.3, 0.4) is 0 Å². The number of hydrogen-bond donors (Lipinski definition) is 3. The van der Waals surface area contributed by atoms with Gasteiger partial charge < -0.3 is 78.3 Å². The van der Waals surface area contributed by atoms with E-state index in [1.165, 1.54) is 4.31 Å². The van der Waals surface area contributed by atoms with Crippen molar-refractivity contribution in [2.75, 3.05) is 192 Å². The third kappa shape index (κ3) is 27.7. The van der Waals surface area contributed by atoms with Gasteiger partial charge in [0.15, 0.2) is 17.6 Å². The lowest BCUT2D eigenvalue weighted by Gasteiger charge is -2.39. The number of rotatable bonds is 47. The molecule has 0 unspecified atom stereocenters. The van der Waals surface area contributed by atoms with Gasteiger partial charge >= 0.3 is 5.97 Å². The van der Waals surface area contributed by atoms with E-state index in [9.17, 15) is 35.6 Å². The molecule has 1 fully saturated rings. The van der Waals surface area contributed by atoms with Crippen LogP contribution < -0.4 is 21.1 Å². The standard InChI is InChI=1S/C64H89F4N9O15S/c1-4-17-76(63(79)52-39-51-12-11-50(41-57(51)74-58(69)42-52)49-8-5-10-54(40-49)93(80,81)77-46-48(47-77)45-75(2)3)18-7-15-71-64(73-53-9-6-14-70-44-53)72-16-20-83-22-24-85-26-28-87-30-32-89-34-36-91-38-37-90-35-33-88-31-29-86-27-25-84-23-21-82-19-13-59(78)92-62-60(67)55(65)43-56(66)61(62)68/h5-6,8-12,14,39-41,43-44,48H,4,7,13,15-38,42,45-47H2,1-3H3,(H2,69,74)(H2,71,72,73). The zero-order valence-corrected chi connectivity index (χ0v) is 54.1. The minimum atomic E-state index is -3.64. The van der Waals surface area contributed by atoms with Gasteiger partial charge in [-0.1, -0.05) is 31.2 Å². The summed E-state index contributed by atoms with van der Waals surface area (Å²) in [6.45, 7) is 12.7. The molecule has 29 heteroatoms. The molecule has 6 rings (SSSR count). The van der Waals surface area contributed by atoms with Gasteiger partial charge in [-0.2, -0.15) is 13.1 Å². The first kappa shape index (κ1) is 75.4. The van der Waals surface area contributed by atoms with E-state index < -0.39 is 51.4 Å². The van der Waals surface area contributed by atoms with Crippen molar-refractivity contribution in [1.29, 1.82) is 0 Å². The third-order valence-corrected chi connectivity index (χ3v) is 15.6. The summed E-state index contributed by atoms with van der Waals surface area (Å²) in [6, 6.07) is 16.3. The van der Waals surface area contributed by atoms with Crippen LogP contribution in [-0.2, 0) is 67.0 Å². The molecule has 24 nitrogen and oxygen atoms in total. The first-order valence-electron chi connectivity index (χ1n) is 31.1. The quantitative estimate of drug-likeness (QED) is 0.00881. The van der Waals surface area contributed by atoms with Crippen molar-refractivity contribution in [3.05, 3.63) is 107 Å². The van der Waals surface area contributed by atoms with Gasteiger partial charge in [-0.25, -0.2) is 27.2 Å². The molecule has 0 bridgehead atoms. The van der Waals surface area contributed by atoms with Gasteiger partial charge in [0.05, 0.1) is 161 Å². The Balaban J connectivity index is 0.729. The van der Waals surface area contributed by atoms with E-state index >= 15 is 0 Å². The molecule has 3 aromatic carbocycles. The predicted octanol–water partition coefficient (Wildman–Crippen LogP) is 5.92. The van der Waals surface area contributed by atoms with Crippen LogP contribution in [0.4, 0.5) is 28.9 Å². The maximum atomic E-state index is 14.2. The number of benzene rings is 3. The summed E-state index contributed by atoms with van der Waals surface area (Å²) in [4.78, 5) is 43.7. The number of esters is 1. The normalized spacial score (nSPS) is 13.7. The van der Waals surface area contributed by atoms with Gasteiger partial charge in [-0.3, -0.25) is 14.6 Å². The number of aromatic nitrogens is 1. The number of aliphatic imine (C=N–C) groups is 2. The molecule has 2 aliphatic heterocycles. The van der Waals surface area contributed by atoms with E-state index in [1.807, 2.05) is 68.4 Å². The van der Waals surface area contributed by atoms with Crippen molar-refractivity contribution in [2.24, 2.45) is 21.6 Å². The minimum Gasteiger partial charge on any atom is -0.420 e. The number of nitrogens with zero attached hydrogens (tertiary/aromatic N) is 6. The second-order valence-electron chi connectivity index (χ2n) is 21.5. The monoisotopic (exact) mass is 1330 g/mol. The first-order chi connectivity index (χ1) is 45.1. The molecule has 0 radical (unpaired) electrons. The van der Waals surface area contributed by atoms with Crippen molar-refractivity contribution in [3.8, 4) is 16.9 Å². The lowest BCUT2D eigenvalue weighted by Crippen LogP contribution is -2.52. The Morgan fingerprint density at radius 1 is 0.667 bits per heavy atom. The topological polar surface area (TPSA) is 267 Å². The largest absolute Gasteiger partial charge is 0.420 e. The van der Waals surface area contributed by atoms with E-state index in [0.717, 1.165) is 29.7 Å². The zero-order chi connectivity index (χ0) is 66.5. The van der Waals surface area contributed by atoms with Gasteiger partial charge in [0.2, 0.25) is 33.3 Å². The number of nitrogens with one attached hydrogen (secondary N) is 2. The van der Waals surface area contributed by atoms with Crippen molar-refractivity contribution < 1.29 is 87.7 Å². The molecule has 2 aliphatic rings. The highest BCUT2D eigenvalue weighted by Crippen LogP contribution is 2.34. The number of amides is 1. The Hall–Kier alpha value is -6.58. The smallest absolute Gasteiger partial charge is 0.313 e. The second-order valence-corrected chi connectivity index (χ2v) is 23.5. The van der Waals surface area contributed by atoms with Gasteiger partial charge in [0, 0.05) is 75.6 Å². The molecule has 0 atom stereocenters. The Morgan fingerprint density at radius 2 is 1.20 bits per heavy atom. The Labute approximate surface area is 542 Å². The lowest BCUT2D eigenvalue weighted by atomic mass is 10.0. The van der Waals surface area contributed by atoms with E-state index in [-0.39, 0.29) is 49.7 Å². The molecule has 514 valence electrons. The lowest BCUT2D eigenvalue weighted by molar-refractivity contribution is -0.136. The van der Waals surface area contributed by atoms with Crippen molar-refractivity contribution in [2.45, 2.75) is 37.5 Å². The summed E-state index contributed by atoms with van der Waals surface area (Å²) in [5, 5.41) is 6.70. The SMILES string of the molecule is CCCN(CCCN/C(=N/c1cccnc1)NCCOCCOCCOCCOCCOCCOCCOCCOCCOCCOCCC(=O)Oc1c(F)c(F)cc(F)c1F)C(=O)C1=Cc2ccc(-c3cccc(S(=O)(=O)N4CC(CN(C)C)C4)c3)cc2N=C(N)C1. The number of pyridine rings is 1. The molecule has 0 saturated carbocycles. The van der Waals surface area contributed by atoms with Crippen LogP contribution in [-0.4, -0.2) is 243 Å². The number of sulfonamides is 1. The Morgan fingerprint density at radius 3 is 1.74 bits per heavy atom. The molecule has 93 heavy (non-hydrogen) atoms. The fourth-order valence-corrected chi connectivity index (χ4v) is 10.9. The van der Waals surface area contributed by atoms with Crippen LogP contribution in [0.25, 0.3) is 17.2 Å². The average molecular weight is 1330 g/mol. The molecule has 0 spiro atoms. The van der Waals surface area contributed by atoms with Gasteiger partial charge in [0.25, 0.3) is 0 Å². The summed E-state index contributed by atoms with van der Waals surface area (Å²) >= 11 is 0. The molecule has 0 aliphatic carbocycles. The molecule has 1 aromatic heterocycles. The highest BCUT2D eigenvalue weighted by molar-refractivity contribution is 7.89. The molecular weight excluding hydrogens is 1240 g/mol. The van der Waals surface area contributed by atoms with Gasteiger partial charge in [0.1, 0.15) is 5.84 Å². The molecule has 4 N–H and O–H groups in total. The highest BCUT2D eigenvalue weighted by atomic mass is 32.2. The second kappa shape index (κ2) is 42.7. The summed E-state index contributed by atoms with van der Waals surface area (Å²) in [5.41, 5.74) is 10.5. The number of carbonyl (C=O) groups is 2. The summed E-state index contributed by atoms with van der Waals surface area (Å²) in [6.07, 6.45) is 6.38. The van der Waals surface area contributed by atoms with Crippen molar-refractivity contribution in [3.63, 3.8) is 0 Å². The van der Waals surface area contributed by atoms with Gasteiger partial charge in [-0.05, 0) is 80.4 Å². The number of carbonyl (C=O) groups excluding carboxylic acids is 2. The van der Waals surface area contributed by atoms with E-state index in [0.29, 0.717) is 186 Å². The van der Waals surface area contributed by atoms with Crippen LogP contribution in [0.15, 0.2) is 93.5 Å². The van der Waals surface area contributed by atoms with E-state index in [1.54, 1.807) is 30.6 Å². The Bertz CT molecular complexity index is 3070. The van der Waals surface area contributed by atoms with Gasteiger partial charge in [-0.15, -0.1) is 0 Å². The van der Waals surface area contributed by atoms with E-state index in [4.69, 9.17) is 63.1 Å². The van der Waals surface area contributed by atoms with E-state index in [2.05, 4.69) is 25.3 Å². The number of amidine groups is 1. The average Bonchev–Trinajstić information content (AvgIpc) is 0.989. The molecular formula is C64H89F4N9O15S. The van der Waals surface area contributed by atoms with Crippen LogP contribution in [0.1, 0.15) is 38.2 Å². The Kier molecular flexibility index (Phi) is 34.6. The van der Waals surface area contributed by atoms with Crippen molar-refractivity contribution in [1.82, 2.24) is 29.7 Å². The van der Waals surface area contributed by atoms with Crippen LogP contribution in [0.2, 0.25) is 0 Å². The highest BCUT2D eigenvalue weighted by Gasteiger charge is 2.37. The maximum Gasteiger partial charge on any atom is 0.313 e. The van der Waals surface area contributed by atoms with Crippen LogP contribution >= 0.6 is 0 Å². The minimum absolute atomic E-state index is 0.0149. The number of halogens is 4. The maximum absolute atomic E-state index is 14.2. The first-order valence-corrected chi connectivity index (χ1v) is 32.6. The fraction of sp³-hybridized carbons (Fsp3) is 0.547. The number of nitrogens with two attached hydrogens (primary N) is 1. The number of guanidine groups is 1. The summed E-state index contributed by atoms with van der Waals surface area (Å²) < 4.78 is 142. The molecule has 3 heterocycles.